The fourth-order valence-corrected chi connectivity index (χ4v) is 4.57. The molecule has 4 aliphatic heterocycles. The molecular weight excluding hydrogens is 418 g/mol. The van der Waals surface area contributed by atoms with Gasteiger partial charge in [0, 0.05) is 45.5 Å². The van der Waals surface area contributed by atoms with Crippen molar-refractivity contribution in [1.29, 1.82) is 0 Å². The van der Waals surface area contributed by atoms with Crippen LogP contribution >= 0.6 is 11.6 Å². The number of amidine groups is 1. The lowest BCUT2D eigenvalue weighted by molar-refractivity contribution is 0.00000984. The fourth-order valence-electron chi connectivity index (χ4n) is 4.39. The SMILES string of the molecule is CC1=C(Cl)C=C(OC2CCOCC2)C2=NC(CCc3nc(N4CCCC4)nn3C)NN21. The van der Waals surface area contributed by atoms with Crippen molar-refractivity contribution in [3.63, 3.8) is 0 Å². The number of nitrogens with zero attached hydrogens (tertiary/aromatic N) is 6. The highest BCUT2D eigenvalue weighted by molar-refractivity contribution is 6.32. The highest BCUT2D eigenvalue weighted by Crippen LogP contribution is 2.30. The lowest BCUT2D eigenvalue weighted by Gasteiger charge is -2.30. The van der Waals surface area contributed by atoms with Crippen LogP contribution in [0.5, 0.6) is 0 Å². The van der Waals surface area contributed by atoms with Crippen LogP contribution in [0.3, 0.4) is 0 Å². The third kappa shape index (κ3) is 4.31. The topological polar surface area (TPSA) is 80.0 Å². The third-order valence-electron chi connectivity index (χ3n) is 6.26. The van der Waals surface area contributed by atoms with Crippen LogP contribution < -0.4 is 10.3 Å². The van der Waals surface area contributed by atoms with Crippen molar-refractivity contribution in [2.45, 2.75) is 57.7 Å². The van der Waals surface area contributed by atoms with Crippen LogP contribution in [0.1, 0.15) is 44.9 Å². The smallest absolute Gasteiger partial charge is 0.244 e. The molecule has 0 aliphatic carbocycles. The van der Waals surface area contributed by atoms with Gasteiger partial charge in [-0.3, -0.25) is 9.69 Å². The summed E-state index contributed by atoms with van der Waals surface area (Å²) >= 11 is 6.49. The lowest BCUT2D eigenvalue weighted by Crippen LogP contribution is -2.42. The van der Waals surface area contributed by atoms with Crippen molar-refractivity contribution in [2.24, 2.45) is 12.0 Å². The van der Waals surface area contributed by atoms with Crippen molar-refractivity contribution >= 4 is 23.4 Å². The molecule has 4 aliphatic rings. The van der Waals surface area contributed by atoms with E-state index < -0.39 is 0 Å². The molecule has 0 amide bonds. The summed E-state index contributed by atoms with van der Waals surface area (Å²) in [6.45, 7) is 5.54. The summed E-state index contributed by atoms with van der Waals surface area (Å²) in [6.07, 6.45) is 7.74. The molecule has 0 aromatic carbocycles. The minimum Gasteiger partial charge on any atom is -0.486 e. The van der Waals surface area contributed by atoms with Gasteiger partial charge in [-0.15, -0.1) is 5.10 Å². The van der Waals surface area contributed by atoms with Gasteiger partial charge >= 0.3 is 0 Å². The molecule has 0 radical (unpaired) electrons. The Kier molecular flexibility index (Phi) is 5.90. The van der Waals surface area contributed by atoms with Crippen molar-refractivity contribution in [2.75, 3.05) is 31.2 Å². The Morgan fingerprint density at radius 2 is 2.03 bits per heavy atom. The number of aromatic nitrogens is 3. The Morgan fingerprint density at radius 1 is 1.26 bits per heavy atom. The predicted molar refractivity (Wildman–Crippen MR) is 119 cm³/mol. The van der Waals surface area contributed by atoms with Crippen LogP contribution in [0.25, 0.3) is 0 Å². The van der Waals surface area contributed by atoms with E-state index in [1.54, 1.807) is 0 Å². The Balaban J connectivity index is 1.26. The number of halogens is 1. The molecule has 1 aromatic heterocycles. The first-order valence-corrected chi connectivity index (χ1v) is 11.6. The fraction of sp³-hybridized carbons (Fsp3) is 0.667. The summed E-state index contributed by atoms with van der Waals surface area (Å²) in [5.41, 5.74) is 4.39. The number of anilines is 1. The average molecular weight is 448 g/mol. The molecule has 1 N–H and O–H groups in total. The van der Waals surface area contributed by atoms with E-state index in [0.29, 0.717) is 5.03 Å². The van der Waals surface area contributed by atoms with Crippen LogP contribution in [0, 0.1) is 0 Å². The molecule has 0 spiro atoms. The van der Waals surface area contributed by atoms with Gasteiger partial charge in [0.2, 0.25) is 5.95 Å². The summed E-state index contributed by atoms with van der Waals surface area (Å²) in [7, 11) is 1.97. The van der Waals surface area contributed by atoms with Gasteiger partial charge in [0.05, 0.1) is 23.9 Å². The van der Waals surface area contributed by atoms with E-state index in [0.717, 1.165) is 81.1 Å². The minimum atomic E-state index is -0.0684. The maximum Gasteiger partial charge on any atom is 0.244 e. The first-order chi connectivity index (χ1) is 15.1. The van der Waals surface area contributed by atoms with Crippen LogP contribution in [-0.2, 0) is 22.9 Å². The van der Waals surface area contributed by atoms with E-state index in [9.17, 15) is 0 Å². The molecule has 1 atom stereocenters. The molecule has 2 saturated heterocycles. The number of nitrogens with one attached hydrogen (secondary N) is 1. The largest absolute Gasteiger partial charge is 0.486 e. The molecule has 0 saturated carbocycles. The molecule has 2 fully saturated rings. The number of rotatable bonds is 6. The first-order valence-electron chi connectivity index (χ1n) is 11.2. The summed E-state index contributed by atoms with van der Waals surface area (Å²) in [5, 5.41) is 7.23. The van der Waals surface area contributed by atoms with Crippen molar-refractivity contribution in [1.82, 2.24) is 25.2 Å². The Hall–Kier alpha value is -2.10. The maximum absolute atomic E-state index is 6.49. The van der Waals surface area contributed by atoms with Gasteiger partial charge in [0.15, 0.2) is 11.6 Å². The number of ether oxygens (including phenoxy) is 2. The van der Waals surface area contributed by atoms with Gasteiger partial charge in [-0.25, -0.2) is 10.4 Å². The van der Waals surface area contributed by atoms with Gasteiger partial charge in [0.1, 0.15) is 18.1 Å². The molecule has 10 heteroatoms. The zero-order chi connectivity index (χ0) is 21.4. The van der Waals surface area contributed by atoms with E-state index in [-0.39, 0.29) is 12.3 Å². The van der Waals surface area contributed by atoms with E-state index in [4.69, 9.17) is 31.1 Å². The number of hydrogen-bond acceptors (Lipinski definition) is 8. The molecule has 1 unspecified atom stereocenters. The zero-order valence-electron chi connectivity index (χ0n) is 18.2. The van der Waals surface area contributed by atoms with Crippen molar-refractivity contribution < 1.29 is 9.47 Å². The summed E-state index contributed by atoms with van der Waals surface area (Å²) < 4.78 is 13.6. The van der Waals surface area contributed by atoms with E-state index >= 15 is 0 Å². The monoisotopic (exact) mass is 447 g/mol. The number of aliphatic imine (C=N–C) groups is 1. The molecule has 168 valence electrons. The molecule has 1 aromatic rings. The normalized spacial score (nSPS) is 24.5. The Morgan fingerprint density at radius 3 is 2.81 bits per heavy atom. The van der Waals surface area contributed by atoms with E-state index in [1.807, 2.05) is 29.7 Å². The van der Waals surface area contributed by atoms with Gasteiger partial charge in [0.25, 0.3) is 0 Å². The van der Waals surface area contributed by atoms with E-state index in [1.165, 1.54) is 12.8 Å². The molecule has 9 nitrogen and oxygen atoms in total. The quantitative estimate of drug-likeness (QED) is 0.717. The highest BCUT2D eigenvalue weighted by Gasteiger charge is 2.34. The van der Waals surface area contributed by atoms with Crippen LogP contribution in [0.15, 0.2) is 27.6 Å². The zero-order valence-corrected chi connectivity index (χ0v) is 18.9. The number of fused-ring (bicyclic) bond motifs is 1. The molecule has 0 bridgehead atoms. The second kappa shape index (κ2) is 8.80. The molecule has 5 heterocycles. The second-order valence-corrected chi connectivity index (χ2v) is 8.90. The number of allylic oxidation sites excluding steroid dienone is 3. The number of hydrazine groups is 1. The standard InChI is InChI=1S/C21H30ClN7O2/c1-14-16(22)13-17(31-15-7-11-30-12-8-15)20-23-18(25-29(14)20)5-6-19-24-21(26-27(19)2)28-9-3-4-10-28/h13,15,18,25H,3-12H2,1-2H3. The summed E-state index contributed by atoms with van der Waals surface area (Å²) in [5.74, 6) is 3.36. The lowest BCUT2D eigenvalue weighted by atomic mass is 10.1. The van der Waals surface area contributed by atoms with Crippen LogP contribution in [0.2, 0.25) is 0 Å². The number of aryl methyl sites for hydroxylation is 2. The Bertz CT molecular complexity index is 913. The summed E-state index contributed by atoms with van der Waals surface area (Å²) in [4.78, 5) is 12.0. The molecule has 5 rings (SSSR count). The summed E-state index contributed by atoms with van der Waals surface area (Å²) in [6, 6.07) is 0. The van der Waals surface area contributed by atoms with Crippen molar-refractivity contribution in [3.05, 3.63) is 28.4 Å². The average Bonchev–Trinajstić information content (AvgIpc) is 3.51. The van der Waals surface area contributed by atoms with Gasteiger partial charge in [-0.1, -0.05) is 11.6 Å². The first kappa shape index (κ1) is 20.8. The minimum absolute atomic E-state index is 0.0684. The highest BCUT2D eigenvalue weighted by atomic mass is 35.5. The second-order valence-electron chi connectivity index (χ2n) is 8.49. The maximum atomic E-state index is 6.49. The Labute approximate surface area is 187 Å². The van der Waals surface area contributed by atoms with Crippen LogP contribution in [0.4, 0.5) is 5.95 Å². The van der Waals surface area contributed by atoms with Gasteiger partial charge < -0.3 is 14.4 Å². The van der Waals surface area contributed by atoms with Crippen molar-refractivity contribution in [3.8, 4) is 0 Å². The van der Waals surface area contributed by atoms with E-state index in [2.05, 4.69) is 15.4 Å². The van der Waals surface area contributed by atoms with Gasteiger partial charge in [-0.05, 0) is 26.2 Å². The predicted octanol–water partition coefficient (Wildman–Crippen LogP) is 2.46. The number of hydrogen-bond donors (Lipinski definition) is 1. The molecular formula is C21H30ClN7O2. The molecule has 31 heavy (non-hydrogen) atoms. The van der Waals surface area contributed by atoms with Gasteiger partial charge in [-0.2, -0.15) is 4.98 Å². The third-order valence-corrected chi connectivity index (χ3v) is 6.64. The van der Waals surface area contributed by atoms with Crippen LogP contribution in [-0.4, -0.2) is 64.2 Å².